The molecule has 0 unspecified atom stereocenters. The molecule has 0 bridgehead atoms. The molecule has 2 aromatic rings. The molecule has 0 radical (unpaired) electrons. The standard InChI is InChI=1S/C12H13FN2O2/c1-16-11-3-2-8(13)6-9(11)10-7-17-12(15-10)4-5-14/h2-3,6-7H,4-5,14H2,1H3. The van der Waals surface area contributed by atoms with E-state index >= 15 is 0 Å². The Balaban J connectivity index is 2.40. The first kappa shape index (κ1) is 11.6. The lowest BCUT2D eigenvalue weighted by Crippen LogP contribution is -2.02. The zero-order chi connectivity index (χ0) is 12.3. The molecule has 17 heavy (non-hydrogen) atoms. The summed E-state index contributed by atoms with van der Waals surface area (Å²) in [5.41, 5.74) is 6.52. The third-order valence-electron chi connectivity index (χ3n) is 2.35. The Morgan fingerprint density at radius 3 is 3.00 bits per heavy atom. The molecule has 0 amide bonds. The fourth-order valence-corrected chi connectivity index (χ4v) is 1.55. The Hall–Kier alpha value is -1.88. The van der Waals surface area contributed by atoms with E-state index < -0.39 is 0 Å². The quantitative estimate of drug-likeness (QED) is 0.881. The Kier molecular flexibility index (Phi) is 3.39. The van der Waals surface area contributed by atoms with Crippen LogP contribution < -0.4 is 10.5 Å². The maximum Gasteiger partial charge on any atom is 0.195 e. The van der Waals surface area contributed by atoms with Crippen molar-refractivity contribution in [1.29, 1.82) is 0 Å². The lowest BCUT2D eigenvalue weighted by molar-refractivity contribution is 0.415. The number of hydrogen-bond acceptors (Lipinski definition) is 4. The maximum atomic E-state index is 13.2. The van der Waals surface area contributed by atoms with Crippen LogP contribution in [0.3, 0.4) is 0 Å². The van der Waals surface area contributed by atoms with Gasteiger partial charge < -0.3 is 14.9 Å². The van der Waals surface area contributed by atoms with Gasteiger partial charge in [0.25, 0.3) is 0 Å². The zero-order valence-electron chi connectivity index (χ0n) is 9.44. The fraction of sp³-hybridized carbons (Fsp3) is 0.250. The molecule has 0 fully saturated rings. The third kappa shape index (κ3) is 2.45. The second kappa shape index (κ2) is 4.97. The number of oxazole rings is 1. The van der Waals surface area contributed by atoms with Crippen LogP contribution in [0.1, 0.15) is 5.89 Å². The highest BCUT2D eigenvalue weighted by Crippen LogP contribution is 2.29. The molecule has 0 saturated carbocycles. The summed E-state index contributed by atoms with van der Waals surface area (Å²) in [4.78, 5) is 4.23. The van der Waals surface area contributed by atoms with E-state index in [-0.39, 0.29) is 5.82 Å². The van der Waals surface area contributed by atoms with Gasteiger partial charge in [0.1, 0.15) is 23.5 Å². The first-order chi connectivity index (χ1) is 8.24. The maximum absolute atomic E-state index is 13.2. The van der Waals surface area contributed by atoms with Crippen molar-refractivity contribution in [2.75, 3.05) is 13.7 Å². The van der Waals surface area contributed by atoms with E-state index in [1.807, 2.05) is 0 Å². The highest BCUT2D eigenvalue weighted by atomic mass is 19.1. The number of ether oxygens (including phenoxy) is 1. The van der Waals surface area contributed by atoms with Gasteiger partial charge in [0.05, 0.1) is 7.11 Å². The smallest absolute Gasteiger partial charge is 0.195 e. The molecule has 0 spiro atoms. The van der Waals surface area contributed by atoms with Gasteiger partial charge in [0, 0.05) is 18.5 Å². The highest BCUT2D eigenvalue weighted by Gasteiger charge is 2.11. The Bertz CT molecular complexity index is 511. The van der Waals surface area contributed by atoms with Gasteiger partial charge in [-0.05, 0) is 18.2 Å². The predicted octanol–water partition coefficient (Wildman–Crippen LogP) is 1.99. The van der Waals surface area contributed by atoms with Crippen molar-refractivity contribution in [3.63, 3.8) is 0 Å². The first-order valence-electron chi connectivity index (χ1n) is 5.23. The van der Waals surface area contributed by atoms with Gasteiger partial charge in [-0.15, -0.1) is 0 Å². The van der Waals surface area contributed by atoms with Crippen molar-refractivity contribution in [3.05, 3.63) is 36.2 Å². The van der Waals surface area contributed by atoms with E-state index in [1.54, 1.807) is 6.07 Å². The Morgan fingerprint density at radius 2 is 2.29 bits per heavy atom. The monoisotopic (exact) mass is 236 g/mol. The minimum Gasteiger partial charge on any atom is -0.496 e. The number of rotatable bonds is 4. The Labute approximate surface area is 98.2 Å². The molecule has 2 N–H and O–H groups in total. The molecule has 1 aromatic carbocycles. The van der Waals surface area contributed by atoms with E-state index in [0.29, 0.717) is 35.9 Å². The molecule has 1 heterocycles. The van der Waals surface area contributed by atoms with Crippen LogP contribution >= 0.6 is 0 Å². The van der Waals surface area contributed by atoms with Gasteiger partial charge >= 0.3 is 0 Å². The van der Waals surface area contributed by atoms with Crippen LogP contribution in [-0.4, -0.2) is 18.6 Å². The highest BCUT2D eigenvalue weighted by molar-refractivity contribution is 5.66. The molecule has 1 aromatic heterocycles. The average Bonchev–Trinajstić information content (AvgIpc) is 2.78. The zero-order valence-corrected chi connectivity index (χ0v) is 9.44. The molecule has 0 atom stereocenters. The van der Waals surface area contributed by atoms with Gasteiger partial charge in [0.15, 0.2) is 5.89 Å². The van der Waals surface area contributed by atoms with Crippen molar-refractivity contribution in [3.8, 4) is 17.0 Å². The van der Waals surface area contributed by atoms with E-state index in [4.69, 9.17) is 14.9 Å². The number of benzene rings is 1. The van der Waals surface area contributed by atoms with Crippen LogP contribution in [0.4, 0.5) is 4.39 Å². The van der Waals surface area contributed by atoms with Gasteiger partial charge in [0.2, 0.25) is 0 Å². The van der Waals surface area contributed by atoms with Gasteiger partial charge in [-0.1, -0.05) is 0 Å². The normalized spacial score (nSPS) is 10.5. The molecular formula is C12H13FN2O2. The SMILES string of the molecule is COc1ccc(F)cc1-c1coc(CCN)n1. The largest absolute Gasteiger partial charge is 0.496 e. The van der Waals surface area contributed by atoms with Crippen molar-refractivity contribution < 1.29 is 13.5 Å². The van der Waals surface area contributed by atoms with Gasteiger partial charge in [-0.3, -0.25) is 0 Å². The number of nitrogens with zero attached hydrogens (tertiary/aromatic N) is 1. The summed E-state index contributed by atoms with van der Waals surface area (Å²) in [6.07, 6.45) is 2.03. The summed E-state index contributed by atoms with van der Waals surface area (Å²) < 4.78 is 23.6. The van der Waals surface area contributed by atoms with Gasteiger partial charge in [-0.2, -0.15) is 0 Å². The van der Waals surface area contributed by atoms with Gasteiger partial charge in [-0.25, -0.2) is 9.37 Å². The minimum atomic E-state index is -0.343. The number of halogens is 1. The van der Waals surface area contributed by atoms with Crippen molar-refractivity contribution in [2.24, 2.45) is 5.73 Å². The lowest BCUT2D eigenvalue weighted by Gasteiger charge is -2.05. The third-order valence-corrected chi connectivity index (χ3v) is 2.35. The van der Waals surface area contributed by atoms with Crippen LogP contribution in [0.5, 0.6) is 5.75 Å². The van der Waals surface area contributed by atoms with E-state index in [1.165, 1.54) is 25.5 Å². The summed E-state index contributed by atoms with van der Waals surface area (Å²) >= 11 is 0. The summed E-state index contributed by atoms with van der Waals surface area (Å²) in [5.74, 6) is 0.747. The van der Waals surface area contributed by atoms with Crippen LogP contribution in [-0.2, 0) is 6.42 Å². The predicted molar refractivity (Wildman–Crippen MR) is 61.2 cm³/mol. The number of nitrogens with two attached hydrogens (primary N) is 1. The van der Waals surface area contributed by atoms with E-state index in [0.717, 1.165) is 0 Å². The number of aromatic nitrogens is 1. The molecule has 5 heteroatoms. The van der Waals surface area contributed by atoms with E-state index in [9.17, 15) is 4.39 Å². The second-order valence-corrected chi connectivity index (χ2v) is 3.51. The lowest BCUT2D eigenvalue weighted by atomic mass is 10.1. The average molecular weight is 236 g/mol. The van der Waals surface area contributed by atoms with Crippen LogP contribution in [0.25, 0.3) is 11.3 Å². The summed E-state index contributed by atoms with van der Waals surface area (Å²) in [6, 6.07) is 4.26. The molecular weight excluding hydrogens is 223 g/mol. The van der Waals surface area contributed by atoms with Crippen molar-refractivity contribution >= 4 is 0 Å². The number of hydrogen-bond donors (Lipinski definition) is 1. The Morgan fingerprint density at radius 1 is 1.47 bits per heavy atom. The van der Waals surface area contributed by atoms with Crippen LogP contribution in [0, 0.1) is 5.82 Å². The molecule has 90 valence electrons. The summed E-state index contributed by atoms with van der Waals surface area (Å²) in [6.45, 7) is 0.459. The molecule has 0 saturated heterocycles. The molecule has 4 nitrogen and oxygen atoms in total. The minimum absolute atomic E-state index is 0.343. The van der Waals surface area contributed by atoms with Crippen molar-refractivity contribution in [1.82, 2.24) is 4.98 Å². The van der Waals surface area contributed by atoms with Crippen LogP contribution in [0.2, 0.25) is 0 Å². The molecule has 2 rings (SSSR count). The number of methoxy groups -OCH3 is 1. The second-order valence-electron chi connectivity index (χ2n) is 3.51. The van der Waals surface area contributed by atoms with E-state index in [2.05, 4.69) is 4.98 Å². The fourth-order valence-electron chi connectivity index (χ4n) is 1.55. The van der Waals surface area contributed by atoms with Crippen LogP contribution in [0.15, 0.2) is 28.9 Å². The molecule has 0 aliphatic carbocycles. The van der Waals surface area contributed by atoms with Crippen molar-refractivity contribution in [2.45, 2.75) is 6.42 Å². The molecule has 0 aliphatic rings. The topological polar surface area (TPSA) is 61.3 Å². The summed E-state index contributed by atoms with van der Waals surface area (Å²) in [7, 11) is 1.53. The molecule has 0 aliphatic heterocycles. The summed E-state index contributed by atoms with van der Waals surface area (Å²) in [5, 5.41) is 0. The first-order valence-corrected chi connectivity index (χ1v) is 5.23.